The van der Waals surface area contributed by atoms with E-state index < -0.39 is 47.8 Å². The van der Waals surface area contributed by atoms with Gasteiger partial charge in [-0.3, -0.25) is 24.6 Å². The standard InChI is InChI=1S/C34H40N7O8/c35-33(36)37-15-5-13-25(28(43)29(49-20-42)27-23-11-4-12-24(27)38-30(23)44)39-31(45)26-14-7-17-41(26)32(46)22-10-6-16-40(18-22)34(47)48-19-21-8-2-1-3-9-21/h1-4,8-9,11-12,22,25-26,29H,5-7,10,13-19H2,(H,38,44)(H,39,45)(H4,35,36,37)/t22?,25-,26-,29?/m0/s1. The monoisotopic (exact) mass is 674 g/mol. The highest BCUT2D eigenvalue weighted by Gasteiger charge is 2.42. The highest BCUT2D eigenvalue weighted by atomic mass is 16.6. The van der Waals surface area contributed by atoms with E-state index in [-0.39, 0.29) is 49.1 Å². The van der Waals surface area contributed by atoms with Crippen LogP contribution in [0.1, 0.15) is 66.1 Å². The first-order valence-electron chi connectivity index (χ1n) is 16.3. The van der Waals surface area contributed by atoms with Crippen LogP contribution in [0.25, 0.3) is 0 Å². The van der Waals surface area contributed by atoms with Crippen LogP contribution in [-0.2, 0) is 35.3 Å². The second-order valence-corrected chi connectivity index (χ2v) is 12.3. The molecule has 15 nitrogen and oxygen atoms in total. The number of hydrogen-bond acceptors (Lipinski definition) is 9. The van der Waals surface area contributed by atoms with E-state index in [1.165, 1.54) is 22.3 Å². The summed E-state index contributed by atoms with van der Waals surface area (Å²) in [6.07, 6.45) is 0.410. The molecular formula is C34H40N7O8. The van der Waals surface area contributed by atoms with E-state index in [0.717, 1.165) is 5.56 Å². The lowest BCUT2D eigenvalue weighted by molar-refractivity contribution is -0.143. The van der Waals surface area contributed by atoms with E-state index in [9.17, 15) is 28.8 Å². The van der Waals surface area contributed by atoms with Crippen LogP contribution in [0.2, 0.25) is 0 Å². The number of carbonyl (C=O) groups is 5. The van der Waals surface area contributed by atoms with Crippen LogP contribution in [0, 0.1) is 11.3 Å². The molecule has 2 bridgehead atoms. The number of nitrogens with one attached hydrogen (secondary N) is 4. The summed E-state index contributed by atoms with van der Waals surface area (Å²) < 4.78 is 10.6. The predicted octanol–water partition coefficient (Wildman–Crippen LogP) is 1.73. The zero-order valence-corrected chi connectivity index (χ0v) is 26.9. The molecule has 0 saturated carbocycles. The predicted molar refractivity (Wildman–Crippen MR) is 176 cm³/mol. The minimum atomic E-state index is -1.54. The van der Waals surface area contributed by atoms with Gasteiger partial charge in [0.2, 0.25) is 11.8 Å². The molecule has 49 heavy (non-hydrogen) atoms. The van der Waals surface area contributed by atoms with Crippen molar-refractivity contribution in [2.24, 2.45) is 11.7 Å². The van der Waals surface area contributed by atoms with Crippen molar-refractivity contribution in [2.45, 2.75) is 63.3 Å². The number of amides is 4. The van der Waals surface area contributed by atoms with Crippen molar-refractivity contribution in [1.29, 1.82) is 5.41 Å². The molecular weight excluding hydrogens is 634 g/mol. The number of ketones is 1. The summed E-state index contributed by atoms with van der Waals surface area (Å²) in [5, 5.41) is 15.5. The topological polar surface area (TPSA) is 213 Å². The summed E-state index contributed by atoms with van der Waals surface area (Å²) in [7, 11) is 0. The van der Waals surface area contributed by atoms with Crippen LogP contribution in [0.3, 0.4) is 0 Å². The number of ether oxygens (including phenoxy) is 2. The number of likely N-dealkylation sites (tertiary alicyclic amines) is 2. The number of fused-ring (bicyclic) bond motifs is 2. The first-order chi connectivity index (χ1) is 23.7. The Morgan fingerprint density at radius 2 is 1.84 bits per heavy atom. The van der Waals surface area contributed by atoms with Crippen molar-refractivity contribution in [3.63, 3.8) is 0 Å². The molecule has 1 radical (unpaired) electrons. The van der Waals surface area contributed by atoms with E-state index in [4.69, 9.17) is 20.6 Å². The Hall–Kier alpha value is -5.47. The van der Waals surface area contributed by atoms with Crippen molar-refractivity contribution in [3.05, 3.63) is 65.2 Å². The number of benzene rings is 2. The number of nitrogens with two attached hydrogens (primary N) is 1. The highest BCUT2D eigenvalue weighted by Crippen LogP contribution is 2.36. The summed E-state index contributed by atoms with van der Waals surface area (Å²) in [5.74, 6) is -2.73. The average molecular weight is 675 g/mol. The number of anilines is 1. The van der Waals surface area contributed by atoms with Gasteiger partial charge in [-0.15, -0.1) is 0 Å². The lowest BCUT2D eigenvalue weighted by Crippen LogP contribution is -2.54. The summed E-state index contributed by atoms with van der Waals surface area (Å²) >= 11 is 0. The van der Waals surface area contributed by atoms with Gasteiger partial charge >= 0.3 is 12.6 Å². The van der Waals surface area contributed by atoms with Crippen LogP contribution in [0.5, 0.6) is 0 Å². The molecule has 5 rings (SSSR count). The minimum absolute atomic E-state index is 0.0752. The highest BCUT2D eigenvalue weighted by molar-refractivity contribution is 6.13. The van der Waals surface area contributed by atoms with Gasteiger partial charge in [0.15, 0.2) is 17.8 Å². The lowest BCUT2D eigenvalue weighted by atomic mass is 9.93. The van der Waals surface area contributed by atoms with Gasteiger partial charge in [0.05, 0.1) is 12.0 Å². The molecule has 2 aromatic carbocycles. The van der Waals surface area contributed by atoms with Crippen LogP contribution in [-0.4, -0.2) is 90.1 Å². The van der Waals surface area contributed by atoms with Crippen molar-refractivity contribution in [2.75, 3.05) is 31.5 Å². The maximum atomic E-state index is 14.0. The number of Topliss-reactive ketones (excluding diaryl/α,β-unsaturated/α-hetero) is 1. The maximum absolute atomic E-state index is 14.0. The Morgan fingerprint density at radius 3 is 2.57 bits per heavy atom. The van der Waals surface area contributed by atoms with Crippen LogP contribution in [0.4, 0.5) is 10.5 Å². The largest absolute Gasteiger partial charge is 0.445 e. The van der Waals surface area contributed by atoms with E-state index in [1.807, 2.05) is 30.3 Å². The van der Waals surface area contributed by atoms with Crippen LogP contribution >= 0.6 is 0 Å². The second kappa shape index (κ2) is 16.1. The van der Waals surface area contributed by atoms with E-state index in [1.54, 1.807) is 12.1 Å². The quantitative estimate of drug-likeness (QED) is 0.111. The number of piperidine rings is 1. The van der Waals surface area contributed by atoms with Gasteiger partial charge in [-0.2, -0.15) is 0 Å². The van der Waals surface area contributed by atoms with E-state index >= 15 is 0 Å². The number of guanidine groups is 1. The summed E-state index contributed by atoms with van der Waals surface area (Å²) in [6, 6.07) is 11.9. The Kier molecular flexibility index (Phi) is 11.4. The molecule has 0 aromatic heterocycles. The Labute approximate surface area is 283 Å². The van der Waals surface area contributed by atoms with Crippen LogP contribution < -0.4 is 21.7 Å². The average Bonchev–Trinajstić information content (AvgIpc) is 3.67. The minimum Gasteiger partial charge on any atom is -0.445 e. The van der Waals surface area contributed by atoms with Crippen molar-refractivity contribution < 1.29 is 38.2 Å². The van der Waals surface area contributed by atoms with Gasteiger partial charge in [-0.05, 0) is 56.2 Å². The molecule has 3 aliphatic heterocycles. The van der Waals surface area contributed by atoms with Gasteiger partial charge in [0.25, 0.3) is 5.91 Å². The second-order valence-electron chi connectivity index (χ2n) is 12.3. The first kappa shape index (κ1) is 34.9. The molecule has 259 valence electrons. The molecule has 4 atom stereocenters. The van der Waals surface area contributed by atoms with Gasteiger partial charge in [-0.25, -0.2) is 9.59 Å². The zero-order chi connectivity index (χ0) is 34.9. The number of nitrogens with zero attached hydrogens (tertiary/aromatic N) is 2. The first-order valence-corrected chi connectivity index (χ1v) is 16.3. The fourth-order valence-corrected chi connectivity index (χ4v) is 6.61. The molecule has 0 spiro atoms. The number of carbonyl (C=O) groups excluding carboxylic acids is 6. The van der Waals surface area contributed by atoms with Gasteiger partial charge in [0.1, 0.15) is 12.6 Å². The van der Waals surface area contributed by atoms with E-state index in [0.29, 0.717) is 50.9 Å². The van der Waals surface area contributed by atoms with Crippen molar-refractivity contribution >= 4 is 47.7 Å². The Bertz CT molecular complexity index is 1590. The molecule has 15 heteroatoms. The van der Waals surface area contributed by atoms with Gasteiger partial charge in [0, 0.05) is 43.0 Å². The SMILES string of the molecule is N=C(N)NCCC[C@H](NC(=O)[C@@H]1CCCN1C(=O)C1CCCN(C(=O)OCc2ccccc2)C1)C(=O)C(O[C]=O)c1c2cccc1C(=O)N2. The third-order valence-corrected chi connectivity index (χ3v) is 9.00. The van der Waals surface area contributed by atoms with Gasteiger partial charge < -0.3 is 41.0 Å². The van der Waals surface area contributed by atoms with Crippen molar-refractivity contribution in [3.8, 4) is 0 Å². The zero-order valence-electron chi connectivity index (χ0n) is 26.9. The maximum Gasteiger partial charge on any atom is 0.418 e. The molecule has 2 saturated heterocycles. The third kappa shape index (κ3) is 8.34. The molecule has 6 N–H and O–H groups in total. The normalized spacial score (nSPS) is 19.3. The van der Waals surface area contributed by atoms with Crippen LogP contribution in [0.15, 0.2) is 48.5 Å². The summed E-state index contributed by atoms with van der Waals surface area (Å²) in [6.45, 7) is 2.60. The smallest absolute Gasteiger partial charge is 0.418 e. The number of hydrogen-bond donors (Lipinski definition) is 5. The fraction of sp³-hybridized carbons (Fsp3) is 0.441. The molecule has 0 aliphatic carbocycles. The molecule has 2 unspecified atom stereocenters. The third-order valence-electron chi connectivity index (χ3n) is 9.00. The lowest BCUT2D eigenvalue weighted by Gasteiger charge is -2.35. The fourth-order valence-electron chi connectivity index (χ4n) is 6.61. The van der Waals surface area contributed by atoms with Crippen molar-refractivity contribution in [1.82, 2.24) is 20.4 Å². The molecule has 3 aliphatic rings. The summed E-state index contributed by atoms with van der Waals surface area (Å²) in [5.41, 5.74) is 6.87. The Balaban J connectivity index is 1.27. The van der Waals surface area contributed by atoms with Gasteiger partial charge in [-0.1, -0.05) is 36.4 Å². The molecule has 2 fully saturated rings. The Morgan fingerprint density at radius 1 is 1.06 bits per heavy atom. The number of rotatable bonds is 14. The molecule has 3 heterocycles. The molecule has 2 aromatic rings. The molecule has 4 amide bonds. The summed E-state index contributed by atoms with van der Waals surface area (Å²) in [4.78, 5) is 81.4. The van der Waals surface area contributed by atoms with E-state index in [2.05, 4.69) is 16.0 Å².